The van der Waals surface area contributed by atoms with E-state index in [4.69, 9.17) is 0 Å². The molecular formula is C26H41NO. The highest BCUT2D eigenvalue weighted by Crippen LogP contribution is 2.30. The molecule has 2 aliphatic rings. The average molecular weight is 384 g/mol. The Morgan fingerprint density at radius 1 is 1.00 bits per heavy atom. The lowest BCUT2D eigenvalue weighted by atomic mass is 9.85. The fourth-order valence-electron chi connectivity index (χ4n) is 5.22. The molecule has 2 heteroatoms. The van der Waals surface area contributed by atoms with Gasteiger partial charge in [-0.1, -0.05) is 83.1 Å². The summed E-state index contributed by atoms with van der Waals surface area (Å²) in [6.45, 7) is 5.47. The predicted molar refractivity (Wildman–Crippen MR) is 119 cm³/mol. The van der Waals surface area contributed by atoms with Gasteiger partial charge < -0.3 is 4.90 Å². The lowest BCUT2D eigenvalue weighted by Gasteiger charge is -2.36. The molecule has 1 saturated carbocycles. The van der Waals surface area contributed by atoms with Crippen LogP contribution in [0.5, 0.6) is 0 Å². The number of amides is 1. The first-order chi connectivity index (χ1) is 13.7. The van der Waals surface area contributed by atoms with Crippen molar-refractivity contribution in [3.63, 3.8) is 0 Å². The number of hydrogen-bond acceptors (Lipinski definition) is 1. The summed E-state index contributed by atoms with van der Waals surface area (Å²) in [4.78, 5) is 15.3. The summed E-state index contributed by atoms with van der Waals surface area (Å²) in [6, 6.07) is 9.26. The molecule has 2 atom stereocenters. The van der Waals surface area contributed by atoms with Crippen molar-refractivity contribution in [3.8, 4) is 0 Å². The first-order valence-electron chi connectivity index (χ1n) is 12.1. The van der Waals surface area contributed by atoms with E-state index in [2.05, 4.69) is 43.0 Å². The van der Waals surface area contributed by atoms with Crippen LogP contribution in [0.2, 0.25) is 0 Å². The van der Waals surface area contributed by atoms with Gasteiger partial charge in [0.1, 0.15) is 0 Å². The van der Waals surface area contributed by atoms with Gasteiger partial charge in [-0.2, -0.15) is 0 Å². The van der Waals surface area contributed by atoms with Crippen LogP contribution in [0, 0.1) is 5.92 Å². The van der Waals surface area contributed by atoms with Crippen molar-refractivity contribution in [2.24, 2.45) is 5.92 Å². The lowest BCUT2D eigenvalue weighted by Crippen LogP contribution is -2.44. The molecule has 156 valence electrons. The summed E-state index contributed by atoms with van der Waals surface area (Å²) in [5.74, 6) is 1.91. The minimum atomic E-state index is 0.346. The molecule has 0 bridgehead atoms. The molecule has 1 aromatic rings. The summed E-state index contributed by atoms with van der Waals surface area (Å²) >= 11 is 0. The number of nitrogens with zero attached hydrogens (tertiary/aromatic N) is 1. The van der Waals surface area contributed by atoms with E-state index >= 15 is 0 Å². The fraction of sp³-hybridized carbons (Fsp3) is 0.731. The SMILES string of the molecule is CCC(C)c1ccc(CC(=O)N2CCCCC2CCCC2CCCCC2)cc1. The van der Waals surface area contributed by atoms with Gasteiger partial charge in [-0.3, -0.25) is 4.79 Å². The maximum absolute atomic E-state index is 13.0. The third-order valence-corrected chi connectivity index (χ3v) is 7.34. The zero-order valence-corrected chi connectivity index (χ0v) is 18.3. The molecular weight excluding hydrogens is 342 g/mol. The molecule has 1 aliphatic carbocycles. The van der Waals surface area contributed by atoms with Crippen LogP contribution in [0.25, 0.3) is 0 Å². The molecule has 1 amide bonds. The zero-order valence-electron chi connectivity index (χ0n) is 18.3. The molecule has 0 N–H and O–H groups in total. The Labute approximate surface area is 173 Å². The van der Waals surface area contributed by atoms with Crippen LogP contribution < -0.4 is 0 Å². The molecule has 28 heavy (non-hydrogen) atoms. The topological polar surface area (TPSA) is 20.3 Å². The first-order valence-corrected chi connectivity index (χ1v) is 12.1. The molecule has 2 unspecified atom stereocenters. The summed E-state index contributed by atoms with van der Waals surface area (Å²) in [7, 11) is 0. The molecule has 0 radical (unpaired) electrons. The van der Waals surface area contributed by atoms with Crippen LogP contribution in [-0.4, -0.2) is 23.4 Å². The van der Waals surface area contributed by atoms with E-state index in [1.54, 1.807) is 0 Å². The lowest BCUT2D eigenvalue weighted by molar-refractivity contribution is -0.134. The second-order valence-corrected chi connectivity index (χ2v) is 9.40. The van der Waals surface area contributed by atoms with Gasteiger partial charge in [0, 0.05) is 12.6 Å². The van der Waals surface area contributed by atoms with Crippen LogP contribution in [0.1, 0.15) is 108 Å². The molecule has 1 aliphatic heterocycles. The molecule has 1 heterocycles. The highest BCUT2D eigenvalue weighted by atomic mass is 16.2. The standard InChI is InChI=1S/C26H41NO/c1-3-21(2)24-17-15-23(16-18-24)20-26(28)27-19-8-7-13-25(27)14-9-12-22-10-5-4-6-11-22/h15-18,21-22,25H,3-14,19-20H2,1-2H3. The molecule has 0 aromatic heterocycles. The minimum absolute atomic E-state index is 0.346. The van der Waals surface area contributed by atoms with Crippen LogP contribution in [0.3, 0.4) is 0 Å². The maximum Gasteiger partial charge on any atom is 0.227 e. The van der Waals surface area contributed by atoms with Crippen LogP contribution >= 0.6 is 0 Å². The number of carbonyl (C=O) groups excluding carboxylic acids is 1. The van der Waals surface area contributed by atoms with Crippen molar-refractivity contribution < 1.29 is 4.79 Å². The highest BCUT2D eigenvalue weighted by molar-refractivity contribution is 5.79. The van der Waals surface area contributed by atoms with Gasteiger partial charge >= 0.3 is 0 Å². The number of carbonyl (C=O) groups is 1. The molecule has 3 rings (SSSR count). The molecule has 2 nitrogen and oxygen atoms in total. The quantitative estimate of drug-likeness (QED) is 0.479. The van der Waals surface area contributed by atoms with Crippen molar-refractivity contribution in [1.82, 2.24) is 4.90 Å². The Morgan fingerprint density at radius 2 is 1.71 bits per heavy atom. The van der Waals surface area contributed by atoms with E-state index in [-0.39, 0.29) is 0 Å². The Kier molecular flexibility index (Phi) is 8.43. The van der Waals surface area contributed by atoms with Crippen molar-refractivity contribution >= 4 is 5.91 Å². The van der Waals surface area contributed by atoms with Crippen LogP contribution in [-0.2, 0) is 11.2 Å². The van der Waals surface area contributed by atoms with Crippen molar-refractivity contribution in [1.29, 1.82) is 0 Å². The van der Waals surface area contributed by atoms with E-state index in [1.165, 1.54) is 81.8 Å². The maximum atomic E-state index is 13.0. The van der Waals surface area contributed by atoms with Gasteiger partial charge in [0.05, 0.1) is 6.42 Å². The van der Waals surface area contributed by atoms with E-state index < -0.39 is 0 Å². The number of benzene rings is 1. The summed E-state index contributed by atoms with van der Waals surface area (Å²) in [5.41, 5.74) is 2.56. The second-order valence-electron chi connectivity index (χ2n) is 9.40. The van der Waals surface area contributed by atoms with Crippen molar-refractivity contribution in [2.75, 3.05) is 6.54 Å². The summed E-state index contributed by atoms with van der Waals surface area (Å²) < 4.78 is 0. The smallest absolute Gasteiger partial charge is 0.227 e. The predicted octanol–water partition coefficient (Wildman–Crippen LogP) is 6.87. The monoisotopic (exact) mass is 383 g/mol. The van der Waals surface area contributed by atoms with Crippen molar-refractivity contribution in [3.05, 3.63) is 35.4 Å². The summed E-state index contributed by atoms with van der Waals surface area (Å²) in [5, 5.41) is 0. The number of rotatable bonds is 8. The third-order valence-electron chi connectivity index (χ3n) is 7.34. The number of hydrogen-bond donors (Lipinski definition) is 0. The Morgan fingerprint density at radius 3 is 2.43 bits per heavy atom. The highest BCUT2D eigenvalue weighted by Gasteiger charge is 2.26. The van der Waals surface area contributed by atoms with Crippen LogP contribution in [0.15, 0.2) is 24.3 Å². The van der Waals surface area contributed by atoms with Gasteiger partial charge in [0.2, 0.25) is 5.91 Å². The molecule has 1 saturated heterocycles. The number of likely N-dealkylation sites (tertiary alicyclic amines) is 1. The van der Waals surface area contributed by atoms with E-state index in [0.29, 0.717) is 24.3 Å². The number of piperidine rings is 1. The van der Waals surface area contributed by atoms with Crippen LogP contribution in [0.4, 0.5) is 0 Å². The van der Waals surface area contributed by atoms with E-state index in [1.807, 2.05) is 0 Å². The van der Waals surface area contributed by atoms with E-state index in [0.717, 1.165) is 18.9 Å². The van der Waals surface area contributed by atoms with Crippen molar-refractivity contribution in [2.45, 2.75) is 109 Å². The van der Waals surface area contributed by atoms with E-state index in [9.17, 15) is 4.79 Å². The third kappa shape index (κ3) is 6.09. The second kappa shape index (κ2) is 11.0. The molecule has 1 aromatic carbocycles. The fourth-order valence-corrected chi connectivity index (χ4v) is 5.22. The minimum Gasteiger partial charge on any atom is -0.339 e. The Hall–Kier alpha value is -1.31. The average Bonchev–Trinajstić information content (AvgIpc) is 2.75. The largest absolute Gasteiger partial charge is 0.339 e. The van der Waals surface area contributed by atoms with Gasteiger partial charge in [-0.15, -0.1) is 0 Å². The Bertz CT molecular complexity index is 587. The first kappa shape index (κ1) is 21.4. The Balaban J connectivity index is 1.50. The molecule has 2 fully saturated rings. The zero-order chi connectivity index (χ0) is 19.8. The van der Waals surface area contributed by atoms with Gasteiger partial charge in [0.25, 0.3) is 0 Å². The summed E-state index contributed by atoms with van der Waals surface area (Å²) in [6.07, 6.45) is 16.5. The van der Waals surface area contributed by atoms with Gasteiger partial charge in [-0.05, 0) is 55.1 Å². The normalized spacial score (nSPS) is 22.2. The van der Waals surface area contributed by atoms with Gasteiger partial charge in [0.15, 0.2) is 0 Å². The molecule has 0 spiro atoms. The van der Waals surface area contributed by atoms with Gasteiger partial charge in [-0.25, -0.2) is 0 Å².